The van der Waals surface area contributed by atoms with Crippen molar-refractivity contribution in [3.63, 3.8) is 0 Å². The molecule has 0 unspecified atom stereocenters. The molecule has 0 saturated carbocycles. The minimum absolute atomic E-state index is 0.824. The second-order valence-corrected chi connectivity index (χ2v) is 2.73. The molecular weight excluding hydrogens is 182 g/mol. The van der Waals surface area contributed by atoms with Crippen LogP contribution in [0.4, 0.5) is 0 Å². The van der Waals surface area contributed by atoms with Gasteiger partial charge in [0.05, 0.1) is 0 Å². The zero-order valence-corrected chi connectivity index (χ0v) is 10.1. The third-order valence-electron chi connectivity index (χ3n) is 1.36. The van der Waals surface area contributed by atoms with Gasteiger partial charge in [-0.2, -0.15) is 0 Å². The predicted molar refractivity (Wildman–Crippen MR) is 72.3 cm³/mol. The minimum atomic E-state index is 0.824. The molecule has 15 heavy (non-hydrogen) atoms. The van der Waals surface area contributed by atoms with Crippen LogP contribution in [0.2, 0.25) is 0 Å². The monoisotopic (exact) mass is 203 g/mol. The van der Waals surface area contributed by atoms with Crippen molar-refractivity contribution >= 4 is 6.72 Å². The number of nitrogens with zero attached hydrogens (tertiary/aromatic N) is 1. The third kappa shape index (κ3) is 10.3. The standard InChI is InChI=1S/C12H15N.C2H6/c1-10(2)6-7-11(3)12(4)8-9-13-5;1-2/h6-9H,1,3-5H2,2H3;1-2H3/b7-6-,9-8-;. The van der Waals surface area contributed by atoms with Gasteiger partial charge in [0, 0.05) is 6.20 Å². The zero-order chi connectivity index (χ0) is 12.3. The van der Waals surface area contributed by atoms with Crippen LogP contribution in [0.1, 0.15) is 20.8 Å². The summed E-state index contributed by atoms with van der Waals surface area (Å²) < 4.78 is 0. The van der Waals surface area contributed by atoms with Crippen LogP contribution in [0.15, 0.2) is 65.9 Å². The smallest absolute Gasteiger partial charge is 0.0266 e. The van der Waals surface area contributed by atoms with E-state index in [2.05, 4.69) is 31.4 Å². The minimum Gasteiger partial charge on any atom is -0.272 e. The molecule has 0 bridgehead atoms. The van der Waals surface area contributed by atoms with E-state index in [1.165, 1.54) is 0 Å². The van der Waals surface area contributed by atoms with Crippen molar-refractivity contribution in [3.8, 4) is 0 Å². The highest BCUT2D eigenvalue weighted by Crippen LogP contribution is 2.09. The Morgan fingerprint density at radius 1 is 0.933 bits per heavy atom. The Labute approximate surface area is 93.9 Å². The van der Waals surface area contributed by atoms with E-state index in [1.807, 2.05) is 32.9 Å². The summed E-state index contributed by atoms with van der Waals surface area (Å²) >= 11 is 0. The van der Waals surface area contributed by atoms with Crippen LogP contribution < -0.4 is 0 Å². The van der Waals surface area contributed by atoms with Crippen molar-refractivity contribution in [1.29, 1.82) is 0 Å². The van der Waals surface area contributed by atoms with Gasteiger partial charge in [-0.25, -0.2) is 0 Å². The van der Waals surface area contributed by atoms with Crippen molar-refractivity contribution in [1.82, 2.24) is 0 Å². The average molecular weight is 203 g/mol. The molecule has 82 valence electrons. The first-order valence-electron chi connectivity index (χ1n) is 4.92. The van der Waals surface area contributed by atoms with Crippen molar-refractivity contribution < 1.29 is 0 Å². The second-order valence-electron chi connectivity index (χ2n) is 2.73. The summed E-state index contributed by atoms with van der Waals surface area (Å²) in [5.41, 5.74) is 2.66. The van der Waals surface area contributed by atoms with Crippen LogP contribution in [0.25, 0.3) is 0 Å². The molecule has 0 heterocycles. The predicted octanol–water partition coefficient (Wildman–Crippen LogP) is 4.47. The van der Waals surface area contributed by atoms with Gasteiger partial charge in [0.25, 0.3) is 0 Å². The van der Waals surface area contributed by atoms with Gasteiger partial charge in [-0.1, -0.05) is 51.3 Å². The molecular formula is C14H21N. The fourth-order valence-electron chi connectivity index (χ4n) is 0.600. The molecule has 0 fully saturated rings. The molecule has 0 aliphatic rings. The van der Waals surface area contributed by atoms with Crippen LogP contribution in [-0.4, -0.2) is 6.72 Å². The van der Waals surface area contributed by atoms with Gasteiger partial charge >= 0.3 is 0 Å². The number of aliphatic imine (C=N–C) groups is 1. The van der Waals surface area contributed by atoms with E-state index in [-0.39, 0.29) is 0 Å². The Bertz CT molecular complexity index is 290. The normalized spacial score (nSPS) is 9.53. The molecule has 0 amide bonds. The molecule has 1 heteroatoms. The van der Waals surface area contributed by atoms with Crippen LogP contribution >= 0.6 is 0 Å². The Morgan fingerprint density at radius 3 is 1.80 bits per heavy atom. The van der Waals surface area contributed by atoms with Gasteiger partial charge in [-0.3, -0.25) is 4.99 Å². The van der Waals surface area contributed by atoms with Crippen molar-refractivity contribution in [2.45, 2.75) is 20.8 Å². The van der Waals surface area contributed by atoms with Gasteiger partial charge in [-0.05, 0) is 30.9 Å². The lowest BCUT2D eigenvalue weighted by Gasteiger charge is -1.97. The van der Waals surface area contributed by atoms with E-state index >= 15 is 0 Å². The van der Waals surface area contributed by atoms with Crippen molar-refractivity contribution in [2.75, 3.05) is 0 Å². The van der Waals surface area contributed by atoms with Crippen LogP contribution in [0, 0.1) is 0 Å². The lowest BCUT2D eigenvalue weighted by molar-refractivity contribution is 1.50. The molecule has 0 radical (unpaired) electrons. The first-order chi connectivity index (χ1) is 7.07. The summed E-state index contributed by atoms with van der Waals surface area (Å²) in [5.74, 6) is 0. The molecule has 0 aliphatic heterocycles. The maximum absolute atomic E-state index is 3.84. The Hall–Kier alpha value is -1.63. The lowest BCUT2D eigenvalue weighted by atomic mass is 10.1. The fraction of sp³-hybridized carbons (Fsp3) is 0.214. The lowest BCUT2D eigenvalue weighted by Crippen LogP contribution is -1.77. The van der Waals surface area contributed by atoms with Gasteiger partial charge in [0.2, 0.25) is 0 Å². The second kappa shape index (κ2) is 10.5. The van der Waals surface area contributed by atoms with Crippen molar-refractivity contribution in [3.05, 3.63) is 60.9 Å². The number of allylic oxidation sites excluding steroid dienone is 6. The molecule has 0 atom stereocenters. The summed E-state index contributed by atoms with van der Waals surface area (Å²) in [6.45, 7) is 20.6. The molecule has 0 saturated heterocycles. The molecule has 0 aromatic rings. The largest absolute Gasteiger partial charge is 0.272 e. The van der Waals surface area contributed by atoms with Crippen molar-refractivity contribution in [2.24, 2.45) is 4.99 Å². The summed E-state index contributed by atoms with van der Waals surface area (Å²) in [6.07, 6.45) is 7.11. The first-order valence-corrected chi connectivity index (χ1v) is 4.92. The Kier molecular flexibility index (Phi) is 11.0. The maximum atomic E-state index is 3.84. The fourth-order valence-corrected chi connectivity index (χ4v) is 0.600. The zero-order valence-electron chi connectivity index (χ0n) is 10.1. The van der Waals surface area contributed by atoms with E-state index < -0.39 is 0 Å². The van der Waals surface area contributed by atoms with Gasteiger partial charge < -0.3 is 0 Å². The molecule has 0 spiro atoms. The number of hydrogen-bond donors (Lipinski definition) is 0. The molecule has 1 nitrogen and oxygen atoms in total. The Balaban J connectivity index is 0. The highest BCUT2D eigenvalue weighted by atomic mass is 14.6. The average Bonchev–Trinajstić information content (AvgIpc) is 2.25. The van der Waals surface area contributed by atoms with Crippen LogP contribution in [0.5, 0.6) is 0 Å². The van der Waals surface area contributed by atoms with E-state index in [9.17, 15) is 0 Å². The Morgan fingerprint density at radius 2 is 1.40 bits per heavy atom. The highest BCUT2D eigenvalue weighted by Gasteiger charge is 1.89. The topological polar surface area (TPSA) is 12.4 Å². The van der Waals surface area contributed by atoms with Gasteiger partial charge in [0.15, 0.2) is 0 Å². The SMILES string of the molecule is C=N/C=C\C(=C)C(=C)/C=C\C(=C)C.CC. The van der Waals surface area contributed by atoms with Gasteiger partial charge in [-0.15, -0.1) is 0 Å². The molecule has 0 N–H and O–H groups in total. The molecule has 0 aliphatic carbocycles. The molecule has 0 aromatic heterocycles. The molecule has 0 aromatic carbocycles. The van der Waals surface area contributed by atoms with Gasteiger partial charge in [0.1, 0.15) is 0 Å². The highest BCUT2D eigenvalue weighted by molar-refractivity contribution is 5.44. The quantitative estimate of drug-likeness (QED) is 0.461. The molecule has 0 rings (SSSR count). The van der Waals surface area contributed by atoms with E-state index in [0.29, 0.717) is 0 Å². The van der Waals surface area contributed by atoms with Crippen LogP contribution in [-0.2, 0) is 0 Å². The maximum Gasteiger partial charge on any atom is 0.0266 e. The number of hydrogen-bond acceptors (Lipinski definition) is 1. The summed E-state index contributed by atoms with van der Waals surface area (Å²) in [4.78, 5) is 3.58. The summed E-state index contributed by atoms with van der Waals surface area (Å²) in [7, 11) is 0. The number of rotatable bonds is 5. The van der Waals surface area contributed by atoms with E-state index in [1.54, 1.807) is 12.3 Å². The third-order valence-corrected chi connectivity index (χ3v) is 1.36. The van der Waals surface area contributed by atoms with E-state index in [0.717, 1.165) is 16.7 Å². The summed E-state index contributed by atoms with van der Waals surface area (Å²) in [5, 5.41) is 0. The summed E-state index contributed by atoms with van der Waals surface area (Å²) in [6, 6.07) is 0. The first kappa shape index (κ1) is 15.8. The van der Waals surface area contributed by atoms with Crippen LogP contribution in [0.3, 0.4) is 0 Å². The van der Waals surface area contributed by atoms with E-state index in [4.69, 9.17) is 0 Å².